The lowest BCUT2D eigenvalue weighted by Crippen LogP contribution is -2.43. The van der Waals surface area contributed by atoms with Crippen molar-refractivity contribution in [2.24, 2.45) is 5.92 Å². The average molecular weight is 327 g/mol. The van der Waals surface area contributed by atoms with Crippen LogP contribution in [0, 0.1) is 5.92 Å². The molecule has 1 fully saturated rings. The van der Waals surface area contributed by atoms with Crippen LogP contribution in [-0.4, -0.2) is 46.7 Å². The second-order valence-electron chi connectivity index (χ2n) is 6.09. The van der Waals surface area contributed by atoms with Crippen LogP contribution in [0.25, 0.3) is 0 Å². The highest BCUT2D eigenvalue weighted by atomic mass is 16.3. The first-order chi connectivity index (χ1) is 11.6. The Hall–Kier alpha value is -2.63. The summed E-state index contributed by atoms with van der Waals surface area (Å²) in [6, 6.07) is 7.36. The van der Waals surface area contributed by atoms with Gasteiger partial charge in [-0.05, 0) is 31.0 Å². The molecule has 3 heterocycles. The Morgan fingerprint density at radius 2 is 2.08 bits per heavy atom. The number of hydrogen-bond acceptors (Lipinski definition) is 4. The third kappa shape index (κ3) is 3.64. The number of carbonyl (C=O) groups is 2. The smallest absolute Gasteiger partial charge is 0.257 e. The van der Waals surface area contributed by atoms with E-state index in [4.69, 9.17) is 4.42 Å². The summed E-state index contributed by atoms with van der Waals surface area (Å²) >= 11 is 0. The number of amides is 2. The fourth-order valence-corrected chi connectivity index (χ4v) is 3.02. The predicted octanol–water partition coefficient (Wildman–Crippen LogP) is 2.19. The molecule has 0 bridgehead atoms. The Morgan fingerprint density at radius 3 is 2.71 bits per heavy atom. The van der Waals surface area contributed by atoms with Gasteiger partial charge in [-0.25, -0.2) is 0 Å². The maximum Gasteiger partial charge on any atom is 0.257 e. The third-order valence-corrected chi connectivity index (χ3v) is 4.40. The zero-order chi connectivity index (χ0) is 16.9. The molecular weight excluding hydrogens is 306 g/mol. The molecule has 0 aliphatic carbocycles. The molecule has 3 rings (SSSR count). The van der Waals surface area contributed by atoms with Crippen molar-refractivity contribution in [1.29, 1.82) is 0 Å². The van der Waals surface area contributed by atoms with E-state index in [2.05, 4.69) is 4.98 Å². The van der Waals surface area contributed by atoms with Crippen LogP contribution >= 0.6 is 0 Å². The molecule has 1 aliphatic heterocycles. The van der Waals surface area contributed by atoms with E-state index < -0.39 is 0 Å². The van der Waals surface area contributed by atoms with Gasteiger partial charge in [0.2, 0.25) is 5.91 Å². The van der Waals surface area contributed by atoms with Crippen molar-refractivity contribution in [3.8, 4) is 0 Å². The van der Waals surface area contributed by atoms with Gasteiger partial charge in [-0.3, -0.25) is 14.6 Å². The summed E-state index contributed by atoms with van der Waals surface area (Å²) in [7, 11) is 1.81. The summed E-state index contributed by atoms with van der Waals surface area (Å²) in [4.78, 5) is 32.6. The van der Waals surface area contributed by atoms with Crippen LogP contribution in [0.4, 0.5) is 0 Å². The van der Waals surface area contributed by atoms with Crippen LogP contribution in [0.15, 0.2) is 47.4 Å². The van der Waals surface area contributed by atoms with Gasteiger partial charge in [0, 0.05) is 32.3 Å². The van der Waals surface area contributed by atoms with Crippen molar-refractivity contribution in [2.45, 2.75) is 19.4 Å². The second-order valence-corrected chi connectivity index (χ2v) is 6.09. The van der Waals surface area contributed by atoms with E-state index in [0.717, 1.165) is 5.69 Å². The molecule has 6 nitrogen and oxygen atoms in total. The Morgan fingerprint density at radius 1 is 1.29 bits per heavy atom. The molecule has 1 saturated heterocycles. The van der Waals surface area contributed by atoms with E-state index >= 15 is 0 Å². The van der Waals surface area contributed by atoms with Crippen LogP contribution in [0.1, 0.15) is 28.9 Å². The quantitative estimate of drug-likeness (QED) is 0.863. The predicted molar refractivity (Wildman–Crippen MR) is 88.0 cm³/mol. The minimum atomic E-state index is -0.0351. The molecule has 0 atom stereocenters. The maximum absolute atomic E-state index is 12.6. The lowest BCUT2D eigenvalue weighted by molar-refractivity contribution is -0.136. The molecule has 2 aromatic heterocycles. The summed E-state index contributed by atoms with van der Waals surface area (Å²) in [5.41, 5.74) is 1.44. The van der Waals surface area contributed by atoms with Crippen LogP contribution in [0.3, 0.4) is 0 Å². The zero-order valence-electron chi connectivity index (χ0n) is 13.7. The first-order valence-corrected chi connectivity index (χ1v) is 8.11. The van der Waals surface area contributed by atoms with Crippen LogP contribution in [-0.2, 0) is 11.3 Å². The molecule has 2 amide bonds. The molecule has 0 unspecified atom stereocenters. The van der Waals surface area contributed by atoms with Gasteiger partial charge in [-0.2, -0.15) is 0 Å². The van der Waals surface area contributed by atoms with Crippen molar-refractivity contribution in [3.63, 3.8) is 0 Å². The highest BCUT2D eigenvalue weighted by Crippen LogP contribution is 2.21. The summed E-state index contributed by atoms with van der Waals surface area (Å²) < 4.78 is 4.96. The summed E-state index contributed by atoms with van der Waals surface area (Å²) in [5.74, 6) is 0.0552. The number of pyridine rings is 1. The van der Waals surface area contributed by atoms with E-state index in [1.54, 1.807) is 29.1 Å². The number of furan rings is 1. The SMILES string of the molecule is CN(Cc1ccccn1)C(=O)C1CCN(C(=O)c2ccoc2)CC1. The van der Waals surface area contributed by atoms with E-state index in [0.29, 0.717) is 38.0 Å². The molecule has 0 N–H and O–H groups in total. The third-order valence-electron chi connectivity index (χ3n) is 4.40. The van der Waals surface area contributed by atoms with Crippen molar-refractivity contribution in [3.05, 3.63) is 54.2 Å². The Kier molecular flexibility index (Phi) is 4.93. The van der Waals surface area contributed by atoms with Crippen LogP contribution in [0.5, 0.6) is 0 Å². The molecule has 0 saturated carbocycles. The Balaban J connectivity index is 1.52. The Labute approximate surface area is 141 Å². The second kappa shape index (κ2) is 7.29. The normalized spacial score (nSPS) is 15.3. The topological polar surface area (TPSA) is 66.7 Å². The molecule has 1 aliphatic rings. The van der Waals surface area contributed by atoms with Crippen molar-refractivity contribution in [2.75, 3.05) is 20.1 Å². The monoisotopic (exact) mass is 327 g/mol. The number of hydrogen-bond donors (Lipinski definition) is 0. The van der Waals surface area contributed by atoms with Gasteiger partial charge in [-0.15, -0.1) is 0 Å². The van der Waals surface area contributed by atoms with Gasteiger partial charge in [0.25, 0.3) is 5.91 Å². The fraction of sp³-hybridized carbons (Fsp3) is 0.389. The highest BCUT2D eigenvalue weighted by molar-refractivity contribution is 5.94. The summed E-state index contributed by atoms with van der Waals surface area (Å²) in [6.07, 6.45) is 6.06. The average Bonchev–Trinajstić information content (AvgIpc) is 3.16. The highest BCUT2D eigenvalue weighted by Gasteiger charge is 2.29. The van der Waals surface area contributed by atoms with Crippen molar-refractivity contribution in [1.82, 2.24) is 14.8 Å². The molecule has 2 aromatic rings. The first-order valence-electron chi connectivity index (χ1n) is 8.11. The lowest BCUT2D eigenvalue weighted by atomic mass is 9.95. The minimum absolute atomic E-state index is 0.0310. The minimum Gasteiger partial charge on any atom is -0.472 e. The maximum atomic E-state index is 12.6. The Bertz CT molecular complexity index is 677. The van der Waals surface area contributed by atoms with Crippen LogP contribution in [0.2, 0.25) is 0 Å². The first kappa shape index (κ1) is 16.2. The van der Waals surface area contributed by atoms with Crippen LogP contribution < -0.4 is 0 Å². The van der Waals surface area contributed by atoms with Gasteiger partial charge in [-0.1, -0.05) is 6.07 Å². The van der Waals surface area contributed by atoms with Gasteiger partial charge in [0.1, 0.15) is 6.26 Å². The zero-order valence-corrected chi connectivity index (χ0v) is 13.7. The molecule has 6 heteroatoms. The molecule has 0 aromatic carbocycles. The summed E-state index contributed by atoms with van der Waals surface area (Å²) in [6.45, 7) is 1.70. The molecule has 0 spiro atoms. The van der Waals surface area contributed by atoms with E-state index in [-0.39, 0.29) is 17.7 Å². The molecular formula is C18H21N3O3. The molecule has 126 valence electrons. The lowest BCUT2D eigenvalue weighted by Gasteiger charge is -2.33. The molecule has 24 heavy (non-hydrogen) atoms. The fourth-order valence-electron chi connectivity index (χ4n) is 3.02. The number of likely N-dealkylation sites (tertiary alicyclic amines) is 1. The number of aromatic nitrogens is 1. The van der Waals surface area contributed by atoms with Gasteiger partial charge in [0.05, 0.1) is 24.1 Å². The molecule has 0 radical (unpaired) electrons. The standard InChI is InChI=1S/C18H21N3O3/c1-20(12-16-4-2-3-8-19-16)17(22)14-5-9-21(10-6-14)18(23)15-7-11-24-13-15/h2-4,7-8,11,13-14H,5-6,9-10,12H2,1H3. The number of piperidine rings is 1. The van der Waals surface area contributed by atoms with E-state index in [1.165, 1.54) is 12.5 Å². The number of nitrogens with zero attached hydrogens (tertiary/aromatic N) is 3. The largest absolute Gasteiger partial charge is 0.472 e. The van der Waals surface area contributed by atoms with Gasteiger partial charge >= 0.3 is 0 Å². The van der Waals surface area contributed by atoms with Gasteiger partial charge < -0.3 is 14.2 Å². The van der Waals surface area contributed by atoms with Crippen molar-refractivity contribution >= 4 is 11.8 Å². The van der Waals surface area contributed by atoms with E-state index in [1.807, 2.05) is 18.2 Å². The van der Waals surface area contributed by atoms with Gasteiger partial charge in [0.15, 0.2) is 0 Å². The summed E-state index contributed by atoms with van der Waals surface area (Å²) in [5, 5.41) is 0. The van der Waals surface area contributed by atoms with E-state index in [9.17, 15) is 9.59 Å². The van der Waals surface area contributed by atoms with Crippen molar-refractivity contribution < 1.29 is 14.0 Å². The number of carbonyl (C=O) groups excluding carboxylic acids is 2. The number of rotatable bonds is 4.